The summed E-state index contributed by atoms with van der Waals surface area (Å²) in [5.74, 6) is 0.228. The van der Waals surface area contributed by atoms with E-state index in [4.69, 9.17) is 27.3 Å². The van der Waals surface area contributed by atoms with Crippen LogP contribution in [0.4, 0.5) is 0 Å². The van der Waals surface area contributed by atoms with Crippen LogP contribution in [0, 0.1) is 0 Å². The van der Waals surface area contributed by atoms with E-state index in [-0.39, 0.29) is 5.84 Å². The van der Waals surface area contributed by atoms with Crippen molar-refractivity contribution in [2.24, 2.45) is 10.9 Å². The van der Waals surface area contributed by atoms with E-state index >= 15 is 0 Å². The SMILES string of the molecule is NC(CCCOCc1cccc(Cl)c1)=NO. The fraction of sp³-hybridized carbons (Fsp3) is 0.364. The average molecular weight is 243 g/mol. The largest absolute Gasteiger partial charge is 0.409 e. The van der Waals surface area contributed by atoms with Gasteiger partial charge in [-0.1, -0.05) is 28.9 Å². The summed E-state index contributed by atoms with van der Waals surface area (Å²) in [4.78, 5) is 0. The lowest BCUT2D eigenvalue weighted by Gasteiger charge is -2.04. The van der Waals surface area contributed by atoms with Crippen molar-refractivity contribution in [1.29, 1.82) is 0 Å². The van der Waals surface area contributed by atoms with Crippen LogP contribution in [0.25, 0.3) is 0 Å². The first kappa shape index (κ1) is 12.8. The zero-order valence-corrected chi connectivity index (χ0v) is 9.65. The number of amidine groups is 1. The fourth-order valence-electron chi connectivity index (χ4n) is 1.22. The lowest BCUT2D eigenvalue weighted by molar-refractivity contribution is 0.119. The van der Waals surface area contributed by atoms with Gasteiger partial charge in [0.2, 0.25) is 0 Å². The molecule has 4 nitrogen and oxygen atoms in total. The molecular weight excluding hydrogens is 228 g/mol. The Morgan fingerprint density at radius 2 is 2.31 bits per heavy atom. The normalized spacial score (nSPS) is 11.7. The minimum absolute atomic E-state index is 0.228. The zero-order valence-electron chi connectivity index (χ0n) is 8.90. The Labute approximate surface area is 99.7 Å². The van der Waals surface area contributed by atoms with Crippen molar-refractivity contribution < 1.29 is 9.94 Å². The number of nitrogens with two attached hydrogens (primary N) is 1. The molecule has 0 fully saturated rings. The Bertz CT molecular complexity index is 356. The Balaban J connectivity index is 2.16. The minimum Gasteiger partial charge on any atom is -0.409 e. The highest BCUT2D eigenvalue weighted by molar-refractivity contribution is 6.30. The standard InChI is InChI=1S/C11H15ClN2O2/c12-10-4-1-3-9(7-10)8-16-6-2-5-11(13)14-15/h1,3-4,7,15H,2,5-6,8H2,(H2,13,14). The molecule has 0 bridgehead atoms. The number of oxime groups is 1. The summed E-state index contributed by atoms with van der Waals surface area (Å²) in [7, 11) is 0. The molecule has 0 saturated heterocycles. The predicted molar refractivity (Wildman–Crippen MR) is 63.8 cm³/mol. The molecule has 5 heteroatoms. The number of rotatable bonds is 6. The van der Waals surface area contributed by atoms with E-state index in [0.717, 1.165) is 12.0 Å². The van der Waals surface area contributed by atoms with Gasteiger partial charge in [-0.15, -0.1) is 0 Å². The maximum Gasteiger partial charge on any atom is 0.139 e. The molecule has 0 unspecified atom stereocenters. The van der Waals surface area contributed by atoms with Gasteiger partial charge in [-0.25, -0.2) is 0 Å². The van der Waals surface area contributed by atoms with Gasteiger partial charge < -0.3 is 15.7 Å². The van der Waals surface area contributed by atoms with Gasteiger partial charge in [0.05, 0.1) is 6.61 Å². The highest BCUT2D eigenvalue weighted by Crippen LogP contribution is 2.11. The number of nitrogens with zero attached hydrogens (tertiary/aromatic N) is 1. The first-order valence-electron chi connectivity index (χ1n) is 5.01. The Morgan fingerprint density at radius 1 is 1.50 bits per heavy atom. The third kappa shape index (κ3) is 5.00. The molecule has 0 spiro atoms. The van der Waals surface area contributed by atoms with Crippen LogP contribution < -0.4 is 5.73 Å². The van der Waals surface area contributed by atoms with Crippen LogP contribution in [0.3, 0.4) is 0 Å². The van der Waals surface area contributed by atoms with E-state index in [1.807, 2.05) is 24.3 Å². The molecule has 0 saturated carbocycles. The van der Waals surface area contributed by atoms with Gasteiger partial charge in [-0.05, 0) is 24.1 Å². The molecule has 0 aliphatic carbocycles. The second-order valence-corrected chi connectivity index (χ2v) is 3.81. The first-order valence-corrected chi connectivity index (χ1v) is 5.39. The highest BCUT2D eigenvalue weighted by Gasteiger charge is 1.96. The topological polar surface area (TPSA) is 67.8 Å². The average Bonchev–Trinajstić information content (AvgIpc) is 2.28. The van der Waals surface area contributed by atoms with Crippen LogP contribution in [-0.4, -0.2) is 17.6 Å². The molecule has 88 valence electrons. The summed E-state index contributed by atoms with van der Waals surface area (Å²) in [6.07, 6.45) is 1.27. The molecular formula is C11H15ClN2O2. The third-order valence-electron chi connectivity index (χ3n) is 2.01. The summed E-state index contributed by atoms with van der Waals surface area (Å²) >= 11 is 5.83. The number of halogens is 1. The van der Waals surface area contributed by atoms with Gasteiger partial charge >= 0.3 is 0 Å². The van der Waals surface area contributed by atoms with Gasteiger partial charge in [0.1, 0.15) is 5.84 Å². The number of benzene rings is 1. The van der Waals surface area contributed by atoms with Gasteiger partial charge in [-0.3, -0.25) is 0 Å². The van der Waals surface area contributed by atoms with Gasteiger partial charge in [0.15, 0.2) is 0 Å². The molecule has 1 rings (SSSR count). The van der Waals surface area contributed by atoms with E-state index in [2.05, 4.69) is 5.16 Å². The van der Waals surface area contributed by atoms with Crippen molar-refractivity contribution >= 4 is 17.4 Å². The van der Waals surface area contributed by atoms with Crippen LogP contribution in [0.2, 0.25) is 5.02 Å². The lowest BCUT2D eigenvalue weighted by atomic mass is 10.2. The summed E-state index contributed by atoms with van der Waals surface area (Å²) in [5.41, 5.74) is 6.35. The van der Waals surface area contributed by atoms with E-state index in [1.165, 1.54) is 0 Å². The Hall–Kier alpha value is -1.26. The maximum absolute atomic E-state index is 8.31. The van der Waals surface area contributed by atoms with E-state index in [9.17, 15) is 0 Å². The molecule has 0 heterocycles. The lowest BCUT2D eigenvalue weighted by Crippen LogP contribution is -2.12. The molecule has 1 aromatic carbocycles. The van der Waals surface area contributed by atoms with Crippen LogP contribution in [-0.2, 0) is 11.3 Å². The molecule has 3 N–H and O–H groups in total. The van der Waals surface area contributed by atoms with Crippen LogP contribution in [0.5, 0.6) is 0 Å². The number of hydrogen-bond donors (Lipinski definition) is 2. The minimum atomic E-state index is 0.228. The van der Waals surface area contributed by atoms with Gasteiger partial charge in [-0.2, -0.15) is 0 Å². The summed E-state index contributed by atoms with van der Waals surface area (Å²) in [5, 5.41) is 11.9. The summed E-state index contributed by atoms with van der Waals surface area (Å²) in [6.45, 7) is 1.10. The van der Waals surface area contributed by atoms with E-state index in [1.54, 1.807) is 0 Å². The summed E-state index contributed by atoms with van der Waals surface area (Å²) < 4.78 is 5.42. The smallest absolute Gasteiger partial charge is 0.139 e. The maximum atomic E-state index is 8.31. The monoisotopic (exact) mass is 242 g/mol. The number of ether oxygens (including phenoxy) is 1. The zero-order chi connectivity index (χ0) is 11.8. The van der Waals surface area contributed by atoms with Crippen LogP contribution in [0.1, 0.15) is 18.4 Å². The molecule has 1 aromatic rings. The summed E-state index contributed by atoms with van der Waals surface area (Å²) in [6, 6.07) is 7.53. The third-order valence-corrected chi connectivity index (χ3v) is 2.24. The molecule has 0 radical (unpaired) electrons. The van der Waals surface area contributed by atoms with Crippen molar-refractivity contribution in [1.82, 2.24) is 0 Å². The second kappa shape index (κ2) is 7.09. The van der Waals surface area contributed by atoms with Crippen molar-refractivity contribution in [3.63, 3.8) is 0 Å². The van der Waals surface area contributed by atoms with Crippen molar-refractivity contribution in [2.75, 3.05) is 6.61 Å². The molecule has 0 amide bonds. The number of hydrogen-bond acceptors (Lipinski definition) is 3. The molecule has 0 aromatic heterocycles. The van der Waals surface area contributed by atoms with Gasteiger partial charge in [0.25, 0.3) is 0 Å². The molecule has 0 aliphatic rings. The van der Waals surface area contributed by atoms with Crippen LogP contribution in [0.15, 0.2) is 29.4 Å². The van der Waals surface area contributed by atoms with Gasteiger partial charge in [0, 0.05) is 18.1 Å². The Kier molecular flexibility index (Phi) is 5.67. The van der Waals surface area contributed by atoms with Crippen molar-refractivity contribution in [2.45, 2.75) is 19.4 Å². The first-order chi connectivity index (χ1) is 7.72. The quantitative estimate of drug-likeness (QED) is 0.265. The van der Waals surface area contributed by atoms with Crippen molar-refractivity contribution in [3.8, 4) is 0 Å². The van der Waals surface area contributed by atoms with Crippen LogP contribution >= 0.6 is 11.6 Å². The predicted octanol–water partition coefficient (Wildman–Crippen LogP) is 2.38. The van der Waals surface area contributed by atoms with E-state index < -0.39 is 0 Å². The molecule has 0 aliphatic heterocycles. The molecule has 0 atom stereocenters. The second-order valence-electron chi connectivity index (χ2n) is 3.38. The fourth-order valence-corrected chi connectivity index (χ4v) is 1.44. The highest BCUT2D eigenvalue weighted by atomic mass is 35.5. The van der Waals surface area contributed by atoms with E-state index in [0.29, 0.717) is 24.7 Å². The Morgan fingerprint density at radius 3 is 3.00 bits per heavy atom. The van der Waals surface area contributed by atoms with Crippen molar-refractivity contribution in [3.05, 3.63) is 34.9 Å². The molecule has 16 heavy (non-hydrogen) atoms.